The predicted octanol–water partition coefficient (Wildman–Crippen LogP) is 4.37. The van der Waals surface area contributed by atoms with Crippen LogP contribution < -0.4 is 11.5 Å². The van der Waals surface area contributed by atoms with E-state index in [1.54, 1.807) is 24.3 Å². The lowest BCUT2D eigenvalue weighted by Crippen LogP contribution is -2.26. The minimum Gasteiger partial charge on any atom is -0.478 e. The van der Waals surface area contributed by atoms with E-state index in [9.17, 15) is 69.0 Å². The Hall–Kier alpha value is -7.88. The van der Waals surface area contributed by atoms with Crippen LogP contribution in [0.2, 0.25) is 0 Å². The van der Waals surface area contributed by atoms with Crippen LogP contribution in [0.25, 0.3) is 43.1 Å². The lowest BCUT2D eigenvalue weighted by Gasteiger charge is -2.16. The van der Waals surface area contributed by atoms with Crippen molar-refractivity contribution < 1.29 is 69.0 Å². The topological polar surface area (TPSA) is 310 Å². The van der Waals surface area contributed by atoms with Crippen LogP contribution in [0, 0.1) is 0 Å². The average molecular weight is 707 g/mol. The van der Waals surface area contributed by atoms with E-state index in [1.165, 1.54) is 48.5 Å². The number of primary amides is 2. The summed E-state index contributed by atoms with van der Waals surface area (Å²) in [5, 5.41) is 58.7. The molecule has 0 bridgehead atoms. The van der Waals surface area contributed by atoms with Crippen molar-refractivity contribution in [3.05, 3.63) is 117 Å². The fourth-order valence-electron chi connectivity index (χ4n) is 5.92. The zero-order valence-electron chi connectivity index (χ0n) is 26.0. The van der Waals surface area contributed by atoms with Gasteiger partial charge in [0.2, 0.25) is 11.8 Å². The quantitative estimate of drug-likeness (QED) is 0.102. The fraction of sp³-hybridized carbons (Fsp3) is 0. The smallest absolute Gasteiger partial charge is 0.337 e. The Morgan fingerprint density at radius 1 is 0.346 bits per heavy atom. The monoisotopic (exact) mass is 706 g/mol. The van der Waals surface area contributed by atoms with E-state index >= 15 is 0 Å². The molecular formula is C36H22N2O14. The first-order chi connectivity index (χ1) is 24.4. The molecular weight excluding hydrogens is 684 g/mol. The molecule has 0 unspecified atom stereocenters. The summed E-state index contributed by atoms with van der Waals surface area (Å²) in [6, 6.07) is 17.5. The van der Waals surface area contributed by atoms with Crippen molar-refractivity contribution in [3.8, 4) is 0 Å². The van der Waals surface area contributed by atoms with Crippen LogP contribution in [0.3, 0.4) is 0 Å². The molecule has 0 saturated carbocycles. The summed E-state index contributed by atoms with van der Waals surface area (Å²) in [7, 11) is 0. The molecule has 0 saturated heterocycles. The molecule has 0 aliphatic carbocycles. The average Bonchev–Trinajstić information content (AvgIpc) is 3.07. The largest absolute Gasteiger partial charge is 0.478 e. The summed E-state index contributed by atoms with van der Waals surface area (Å²) in [6.45, 7) is 0. The van der Waals surface area contributed by atoms with Crippen molar-refractivity contribution in [2.45, 2.75) is 0 Å². The van der Waals surface area contributed by atoms with E-state index in [1.807, 2.05) is 0 Å². The van der Waals surface area contributed by atoms with Gasteiger partial charge in [-0.25, -0.2) is 28.8 Å². The van der Waals surface area contributed by atoms with Crippen LogP contribution in [-0.2, 0) is 0 Å². The van der Waals surface area contributed by atoms with Gasteiger partial charge >= 0.3 is 35.8 Å². The molecule has 0 aliphatic rings. The van der Waals surface area contributed by atoms with Crippen LogP contribution in [0.1, 0.15) is 82.9 Å². The number of fused-ring (bicyclic) bond motifs is 4. The standard InChI is InChI=1S/C18H12N2O6.C18H10O8/c19-15(21)11-9-5-7-3-1-2-4-8(7)6-10(9)12(17(23)24)14(18(25)26)13(11)16(20)22;19-15(20)11-3-7-1-8-4-12(16(21)22)14(18(25)26)6-10(8)2-9(7)5-13(11)17(23)24/h1-6H,(H2,19,21)(H2,20,22)(H,23,24)(H,25,26);1-6H,(H,19,20)(H,21,22)(H,23,24)(H,25,26). The molecule has 52 heavy (non-hydrogen) atoms. The van der Waals surface area contributed by atoms with Crippen molar-refractivity contribution in [1.29, 1.82) is 0 Å². The molecule has 2 amide bonds. The van der Waals surface area contributed by atoms with Gasteiger partial charge in [0.05, 0.1) is 44.5 Å². The second-order valence-corrected chi connectivity index (χ2v) is 11.1. The zero-order valence-corrected chi connectivity index (χ0v) is 26.0. The summed E-state index contributed by atoms with van der Waals surface area (Å²) < 4.78 is 0. The second kappa shape index (κ2) is 13.2. The molecule has 16 heteroatoms. The first-order valence-corrected chi connectivity index (χ1v) is 14.5. The molecule has 6 aromatic carbocycles. The molecule has 0 heterocycles. The lowest BCUT2D eigenvalue weighted by molar-refractivity contribution is 0.0651. The van der Waals surface area contributed by atoms with Crippen molar-refractivity contribution in [3.63, 3.8) is 0 Å². The Labute approximate surface area is 288 Å². The van der Waals surface area contributed by atoms with Crippen LogP contribution in [0.4, 0.5) is 0 Å². The number of benzene rings is 6. The highest BCUT2D eigenvalue weighted by Gasteiger charge is 2.32. The first kappa shape index (κ1) is 35.4. The number of rotatable bonds is 8. The third-order valence-corrected chi connectivity index (χ3v) is 8.09. The SMILES string of the molecule is NC(=O)c1c(C(=O)O)c(C(=O)O)c2cc3ccccc3cc2c1C(N)=O.O=C(O)c1cc2cc3cc(C(=O)O)c(C(=O)O)cc3cc2cc1C(=O)O. The highest BCUT2D eigenvalue weighted by Crippen LogP contribution is 2.34. The first-order valence-electron chi connectivity index (χ1n) is 14.5. The molecule has 6 aromatic rings. The number of carboxylic acids is 6. The zero-order chi connectivity index (χ0) is 38.3. The van der Waals surface area contributed by atoms with Crippen LogP contribution >= 0.6 is 0 Å². The number of carbonyl (C=O) groups is 8. The number of carbonyl (C=O) groups excluding carboxylic acids is 2. The van der Waals surface area contributed by atoms with Crippen molar-refractivity contribution in [2.24, 2.45) is 11.5 Å². The van der Waals surface area contributed by atoms with Gasteiger partial charge in [0.1, 0.15) is 0 Å². The van der Waals surface area contributed by atoms with E-state index < -0.39 is 92.1 Å². The number of hydrogen-bond acceptors (Lipinski definition) is 8. The summed E-state index contributed by atoms with van der Waals surface area (Å²) in [5.74, 6) is -11.2. The van der Waals surface area contributed by atoms with Crippen molar-refractivity contribution in [1.82, 2.24) is 0 Å². The molecule has 0 radical (unpaired) electrons. The molecule has 16 nitrogen and oxygen atoms in total. The highest BCUT2D eigenvalue weighted by atomic mass is 16.4. The Morgan fingerprint density at radius 3 is 0.923 bits per heavy atom. The fourth-order valence-corrected chi connectivity index (χ4v) is 5.92. The van der Waals surface area contributed by atoms with Gasteiger partial charge in [-0.3, -0.25) is 9.59 Å². The Morgan fingerprint density at radius 2 is 0.654 bits per heavy atom. The summed E-state index contributed by atoms with van der Waals surface area (Å²) >= 11 is 0. The van der Waals surface area contributed by atoms with Gasteiger partial charge in [-0.15, -0.1) is 0 Å². The van der Waals surface area contributed by atoms with Gasteiger partial charge in [0.25, 0.3) is 0 Å². The van der Waals surface area contributed by atoms with E-state index in [-0.39, 0.29) is 10.8 Å². The van der Waals surface area contributed by atoms with Gasteiger partial charge < -0.3 is 42.1 Å². The lowest BCUT2D eigenvalue weighted by atomic mass is 9.86. The van der Waals surface area contributed by atoms with Gasteiger partial charge in [-0.2, -0.15) is 0 Å². The predicted molar refractivity (Wildman–Crippen MR) is 182 cm³/mol. The van der Waals surface area contributed by atoms with E-state index in [0.29, 0.717) is 32.3 Å². The summed E-state index contributed by atoms with van der Waals surface area (Å²) in [5.41, 5.74) is 6.42. The number of carboxylic acid groups (broad SMARTS) is 6. The van der Waals surface area contributed by atoms with E-state index in [0.717, 1.165) is 0 Å². The minimum atomic E-state index is -1.70. The summed E-state index contributed by atoms with van der Waals surface area (Å²) in [6.07, 6.45) is 0. The maximum absolute atomic E-state index is 12.0. The van der Waals surface area contributed by atoms with Gasteiger partial charge in [0.15, 0.2) is 0 Å². The third-order valence-electron chi connectivity index (χ3n) is 8.09. The Balaban J connectivity index is 0.000000201. The molecule has 0 spiro atoms. The molecule has 260 valence electrons. The Kier molecular flexibility index (Phi) is 8.99. The molecule has 0 fully saturated rings. The number of hydrogen-bond donors (Lipinski definition) is 8. The normalized spacial score (nSPS) is 10.8. The molecule has 10 N–H and O–H groups in total. The molecule has 6 rings (SSSR count). The van der Waals surface area contributed by atoms with E-state index in [2.05, 4.69) is 0 Å². The number of amides is 2. The van der Waals surface area contributed by atoms with Crippen LogP contribution in [-0.4, -0.2) is 78.3 Å². The number of nitrogens with two attached hydrogens (primary N) is 2. The van der Waals surface area contributed by atoms with Gasteiger partial charge in [-0.05, 0) is 91.6 Å². The second-order valence-electron chi connectivity index (χ2n) is 11.1. The third kappa shape index (κ3) is 6.21. The molecule has 0 aromatic heterocycles. The maximum atomic E-state index is 12.0. The summed E-state index contributed by atoms with van der Waals surface area (Å²) in [4.78, 5) is 92.6. The Bertz CT molecular complexity index is 2390. The molecule has 0 atom stereocenters. The number of aromatic carboxylic acids is 6. The van der Waals surface area contributed by atoms with Crippen LogP contribution in [0.15, 0.2) is 72.8 Å². The highest BCUT2D eigenvalue weighted by molar-refractivity contribution is 6.26. The van der Waals surface area contributed by atoms with Crippen molar-refractivity contribution in [2.75, 3.05) is 0 Å². The minimum absolute atomic E-state index is 0.0209. The molecule has 0 aliphatic heterocycles. The van der Waals surface area contributed by atoms with Crippen molar-refractivity contribution >= 4 is 90.7 Å². The van der Waals surface area contributed by atoms with Crippen LogP contribution in [0.5, 0.6) is 0 Å². The van der Waals surface area contributed by atoms with Gasteiger partial charge in [-0.1, -0.05) is 24.3 Å². The van der Waals surface area contributed by atoms with E-state index in [4.69, 9.17) is 11.5 Å². The van der Waals surface area contributed by atoms with Gasteiger partial charge in [0, 0.05) is 0 Å². The maximum Gasteiger partial charge on any atom is 0.337 e.